The summed E-state index contributed by atoms with van der Waals surface area (Å²) in [6.07, 6.45) is 5.70. The van der Waals surface area contributed by atoms with Crippen molar-refractivity contribution in [1.29, 1.82) is 0 Å². The molecule has 0 radical (unpaired) electrons. The van der Waals surface area contributed by atoms with Crippen LogP contribution in [-0.2, 0) is 9.53 Å². The van der Waals surface area contributed by atoms with E-state index in [4.69, 9.17) is 4.74 Å². The highest BCUT2D eigenvalue weighted by Gasteiger charge is 2.27. The number of nitrogens with one attached hydrogen (secondary N) is 1. The van der Waals surface area contributed by atoms with Crippen LogP contribution < -0.4 is 0 Å². The minimum atomic E-state index is -0.772. The van der Waals surface area contributed by atoms with Gasteiger partial charge in [-0.05, 0) is 39.2 Å². The molecule has 1 aliphatic carbocycles. The molecule has 1 aromatic carbocycles. The number of rotatable bonds is 4. The third-order valence-electron chi connectivity index (χ3n) is 4.40. The van der Waals surface area contributed by atoms with Crippen molar-refractivity contribution >= 4 is 22.7 Å². The summed E-state index contributed by atoms with van der Waals surface area (Å²) < 4.78 is 5.44. The van der Waals surface area contributed by atoms with Gasteiger partial charge >= 0.3 is 5.97 Å². The first kappa shape index (κ1) is 15.5. The minimum Gasteiger partial charge on any atom is -0.454 e. The average Bonchev–Trinajstić information content (AvgIpc) is 2.90. The Kier molecular flexibility index (Phi) is 4.33. The quantitative estimate of drug-likeness (QED) is 0.528. The maximum absolute atomic E-state index is 12.7. The van der Waals surface area contributed by atoms with Gasteiger partial charge in [0.2, 0.25) is 5.78 Å². The van der Waals surface area contributed by atoms with Crippen LogP contribution in [-0.4, -0.2) is 22.8 Å². The van der Waals surface area contributed by atoms with Crippen molar-refractivity contribution in [3.05, 3.63) is 47.7 Å². The number of H-pyrrole nitrogens is 1. The van der Waals surface area contributed by atoms with E-state index in [1.807, 2.05) is 37.3 Å². The molecular weight excluding hydrogens is 290 g/mol. The van der Waals surface area contributed by atoms with Gasteiger partial charge in [-0.3, -0.25) is 9.59 Å². The Hall–Kier alpha value is -2.36. The first-order chi connectivity index (χ1) is 11.1. The highest BCUT2D eigenvalue weighted by molar-refractivity contribution is 6.11. The molecule has 0 amide bonds. The van der Waals surface area contributed by atoms with Gasteiger partial charge in [-0.1, -0.05) is 30.4 Å². The maximum atomic E-state index is 12.7. The number of aromatic nitrogens is 1. The van der Waals surface area contributed by atoms with Crippen molar-refractivity contribution < 1.29 is 14.3 Å². The number of Topliss-reactive ketones (excluding diaryl/α,β-unsaturated/α-hetero) is 1. The lowest BCUT2D eigenvalue weighted by atomic mass is 9.94. The summed E-state index contributed by atoms with van der Waals surface area (Å²) in [6, 6.07) is 7.67. The van der Waals surface area contributed by atoms with Gasteiger partial charge in [-0.2, -0.15) is 0 Å². The van der Waals surface area contributed by atoms with E-state index in [9.17, 15) is 9.59 Å². The van der Waals surface area contributed by atoms with E-state index in [0.29, 0.717) is 12.0 Å². The number of ketones is 1. The fourth-order valence-corrected chi connectivity index (χ4v) is 3.13. The molecule has 0 spiro atoms. The summed E-state index contributed by atoms with van der Waals surface area (Å²) in [7, 11) is 0. The Balaban J connectivity index is 1.77. The molecule has 120 valence electrons. The van der Waals surface area contributed by atoms with Gasteiger partial charge in [0.15, 0.2) is 6.10 Å². The number of esters is 1. The standard InChI is InChI=1S/C19H21NO3/c1-12-17(15-10-6-7-11-16(15)20-12)18(21)13(2)23-19(22)14-8-4-3-5-9-14/h3-4,6-7,10-11,13-14,20H,5,8-9H2,1-2H3/t13-,14+/m1/s1. The smallest absolute Gasteiger partial charge is 0.309 e. The zero-order valence-electron chi connectivity index (χ0n) is 13.5. The Labute approximate surface area is 135 Å². The van der Waals surface area contributed by atoms with Crippen molar-refractivity contribution in [3.63, 3.8) is 0 Å². The van der Waals surface area contributed by atoms with Crippen LogP contribution in [0.5, 0.6) is 0 Å². The molecule has 0 unspecified atom stereocenters. The number of hydrogen-bond donors (Lipinski definition) is 1. The van der Waals surface area contributed by atoms with E-state index in [2.05, 4.69) is 11.1 Å². The van der Waals surface area contributed by atoms with Gasteiger partial charge < -0.3 is 9.72 Å². The van der Waals surface area contributed by atoms with Gasteiger partial charge in [0.05, 0.1) is 5.92 Å². The second-order valence-corrected chi connectivity index (χ2v) is 6.10. The van der Waals surface area contributed by atoms with E-state index < -0.39 is 6.10 Å². The summed E-state index contributed by atoms with van der Waals surface area (Å²) in [5.41, 5.74) is 2.34. The Morgan fingerprint density at radius 3 is 2.78 bits per heavy atom. The molecule has 0 saturated heterocycles. The van der Waals surface area contributed by atoms with E-state index in [1.54, 1.807) is 6.92 Å². The number of para-hydroxylation sites is 1. The third kappa shape index (κ3) is 3.07. The van der Waals surface area contributed by atoms with Crippen LogP contribution >= 0.6 is 0 Å². The fraction of sp³-hybridized carbons (Fsp3) is 0.368. The van der Waals surface area contributed by atoms with E-state index >= 15 is 0 Å². The fourth-order valence-electron chi connectivity index (χ4n) is 3.13. The molecule has 2 atom stereocenters. The molecular formula is C19H21NO3. The van der Waals surface area contributed by atoms with Gasteiger partial charge in [-0.15, -0.1) is 0 Å². The lowest BCUT2D eigenvalue weighted by molar-refractivity contribution is -0.151. The van der Waals surface area contributed by atoms with E-state index in [1.165, 1.54) is 0 Å². The molecule has 2 aromatic rings. The molecule has 0 aliphatic heterocycles. The highest BCUT2D eigenvalue weighted by atomic mass is 16.5. The molecule has 1 aromatic heterocycles. The monoisotopic (exact) mass is 311 g/mol. The Morgan fingerprint density at radius 1 is 1.26 bits per heavy atom. The molecule has 23 heavy (non-hydrogen) atoms. The van der Waals surface area contributed by atoms with Gasteiger partial charge in [0.25, 0.3) is 0 Å². The highest BCUT2D eigenvalue weighted by Crippen LogP contribution is 2.25. The SMILES string of the molecule is Cc1[nH]c2ccccc2c1C(=O)[C@@H](C)OC(=O)[C@H]1CC=CCC1. The largest absolute Gasteiger partial charge is 0.454 e. The number of ether oxygens (including phenoxy) is 1. The van der Waals surface area contributed by atoms with Crippen molar-refractivity contribution in [2.75, 3.05) is 0 Å². The van der Waals surface area contributed by atoms with Crippen LogP contribution in [0.2, 0.25) is 0 Å². The predicted octanol–water partition coefficient (Wildman–Crippen LogP) is 3.95. The van der Waals surface area contributed by atoms with Crippen LogP contribution in [0, 0.1) is 12.8 Å². The predicted molar refractivity (Wildman–Crippen MR) is 89.4 cm³/mol. The van der Waals surface area contributed by atoms with Crippen LogP contribution in [0.3, 0.4) is 0 Å². The van der Waals surface area contributed by atoms with Crippen LogP contribution in [0.4, 0.5) is 0 Å². The first-order valence-electron chi connectivity index (χ1n) is 8.05. The number of carbonyl (C=O) groups is 2. The molecule has 1 aliphatic rings. The summed E-state index contributed by atoms with van der Waals surface area (Å²) in [4.78, 5) is 28.2. The maximum Gasteiger partial charge on any atom is 0.309 e. The second-order valence-electron chi connectivity index (χ2n) is 6.10. The average molecular weight is 311 g/mol. The van der Waals surface area contributed by atoms with Crippen LogP contribution in [0.25, 0.3) is 10.9 Å². The van der Waals surface area contributed by atoms with Crippen LogP contribution in [0.15, 0.2) is 36.4 Å². The number of aromatic amines is 1. The lowest BCUT2D eigenvalue weighted by Crippen LogP contribution is -2.29. The van der Waals surface area contributed by atoms with Gasteiger partial charge in [0, 0.05) is 22.2 Å². The number of allylic oxidation sites excluding steroid dienone is 2. The number of carbonyl (C=O) groups excluding carboxylic acids is 2. The summed E-state index contributed by atoms with van der Waals surface area (Å²) in [6.45, 7) is 3.52. The Morgan fingerprint density at radius 2 is 2.04 bits per heavy atom. The van der Waals surface area contributed by atoms with Gasteiger partial charge in [0.1, 0.15) is 0 Å². The summed E-state index contributed by atoms with van der Waals surface area (Å²) in [5.74, 6) is -0.549. The first-order valence-corrected chi connectivity index (χ1v) is 8.05. The molecule has 0 fully saturated rings. The normalized spacial score (nSPS) is 18.8. The topological polar surface area (TPSA) is 59.2 Å². The molecule has 4 nitrogen and oxygen atoms in total. The molecule has 4 heteroatoms. The van der Waals surface area contributed by atoms with Crippen molar-refractivity contribution in [1.82, 2.24) is 4.98 Å². The summed E-state index contributed by atoms with van der Waals surface area (Å²) in [5, 5.41) is 0.874. The minimum absolute atomic E-state index is 0.126. The zero-order chi connectivity index (χ0) is 16.4. The van der Waals surface area contributed by atoms with Gasteiger partial charge in [-0.25, -0.2) is 0 Å². The molecule has 1 N–H and O–H groups in total. The Bertz CT molecular complexity index is 772. The lowest BCUT2D eigenvalue weighted by Gasteiger charge is -2.19. The number of fused-ring (bicyclic) bond motifs is 1. The molecule has 0 bridgehead atoms. The van der Waals surface area contributed by atoms with E-state index in [0.717, 1.165) is 29.4 Å². The molecule has 0 saturated carbocycles. The number of hydrogen-bond acceptors (Lipinski definition) is 3. The van der Waals surface area contributed by atoms with Crippen molar-refractivity contribution in [2.24, 2.45) is 5.92 Å². The second kappa shape index (κ2) is 6.41. The third-order valence-corrected chi connectivity index (χ3v) is 4.40. The number of benzene rings is 1. The number of aryl methyl sites for hydroxylation is 1. The van der Waals surface area contributed by atoms with Crippen LogP contribution in [0.1, 0.15) is 42.2 Å². The van der Waals surface area contributed by atoms with Crippen molar-refractivity contribution in [3.8, 4) is 0 Å². The molecule has 1 heterocycles. The zero-order valence-corrected chi connectivity index (χ0v) is 13.5. The summed E-state index contributed by atoms with van der Waals surface area (Å²) >= 11 is 0. The van der Waals surface area contributed by atoms with E-state index in [-0.39, 0.29) is 17.7 Å². The molecule has 3 rings (SSSR count). The van der Waals surface area contributed by atoms with Crippen molar-refractivity contribution in [2.45, 2.75) is 39.2 Å².